The van der Waals surface area contributed by atoms with Crippen LogP contribution in [0.3, 0.4) is 0 Å². The van der Waals surface area contributed by atoms with Crippen LogP contribution >= 0.6 is 0 Å². The van der Waals surface area contributed by atoms with Crippen LogP contribution in [0.5, 0.6) is 0 Å². The molecule has 4 aliphatic carbocycles. The van der Waals surface area contributed by atoms with Gasteiger partial charge in [0, 0.05) is 6.42 Å². The topological polar surface area (TPSA) is 17.1 Å². The highest BCUT2D eigenvalue weighted by molar-refractivity contribution is 5.75. The monoisotopic (exact) mass is 372 g/mol. The molecule has 0 saturated heterocycles. The largest absolute Gasteiger partial charge is 0.300 e. The van der Waals surface area contributed by atoms with Crippen molar-refractivity contribution in [2.75, 3.05) is 0 Å². The first-order chi connectivity index (χ1) is 12.8. The van der Waals surface area contributed by atoms with Crippen LogP contribution in [0.4, 0.5) is 0 Å². The minimum Gasteiger partial charge on any atom is -0.300 e. The lowest BCUT2D eigenvalue weighted by atomic mass is 9.42. The van der Waals surface area contributed by atoms with E-state index in [9.17, 15) is 4.79 Å². The molecular formula is C26H44O. The van der Waals surface area contributed by atoms with Crippen molar-refractivity contribution in [1.29, 1.82) is 0 Å². The second-order valence-electron chi connectivity index (χ2n) is 12.0. The summed E-state index contributed by atoms with van der Waals surface area (Å²) in [6.07, 6.45) is 15.1. The summed E-state index contributed by atoms with van der Waals surface area (Å²) < 4.78 is 0. The van der Waals surface area contributed by atoms with Gasteiger partial charge in [-0.25, -0.2) is 0 Å². The Morgan fingerprint density at radius 1 is 0.889 bits per heavy atom. The van der Waals surface area contributed by atoms with Gasteiger partial charge in [0.25, 0.3) is 0 Å². The zero-order chi connectivity index (χ0) is 19.4. The van der Waals surface area contributed by atoms with E-state index in [4.69, 9.17) is 0 Å². The van der Waals surface area contributed by atoms with Gasteiger partial charge in [0.15, 0.2) is 0 Å². The van der Waals surface area contributed by atoms with Crippen LogP contribution in [0.1, 0.15) is 105 Å². The van der Waals surface area contributed by atoms with Crippen LogP contribution in [0.2, 0.25) is 0 Å². The summed E-state index contributed by atoms with van der Waals surface area (Å²) in [7, 11) is 0. The SMILES string of the molecule is CC(=O)CCCC1CCC2C3CC(C)C4CC(C)CCC4(C)C3CCC12C. The minimum absolute atomic E-state index is 0.380. The van der Waals surface area contributed by atoms with Gasteiger partial charge in [0.2, 0.25) is 0 Å². The summed E-state index contributed by atoms with van der Waals surface area (Å²) in [5.74, 6) is 7.09. The summed E-state index contributed by atoms with van der Waals surface area (Å²) in [5, 5.41) is 0. The first-order valence-corrected chi connectivity index (χ1v) is 12.2. The van der Waals surface area contributed by atoms with Crippen LogP contribution < -0.4 is 0 Å². The Morgan fingerprint density at radius 3 is 2.33 bits per heavy atom. The molecule has 4 aliphatic rings. The molecule has 0 aromatic carbocycles. The van der Waals surface area contributed by atoms with Crippen molar-refractivity contribution in [2.24, 2.45) is 52.3 Å². The van der Waals surface area contributed by atoms with Gasteiger partial charge < -0.3 is 4.79 Å². The van der Waals surface area contributed by atoms with E-state index in [0.717, 1.165) is 54.3 Å². The Hall–Kier alpha value is -0.330. The second-order valence-corrected chi connectivity index (χ2v) is 12.0. The zero-order valence-electron chi connectivity index (χ0n) is 18.7. The molecule has 154 valence electrons. The maximum Gasteiger partial charge on any atom is 0.129 e. The number of hydrogen-bond donors (Lipinski definition) is 0. The molecule has 0 aliphatic heterocycles. The van der Waals surface area contributed by atoms with Crippen LogP contribution in [-0.2, 0) is 4.79 Å². The Bertz CT molecular complexity index is 567. The lowest BCUT2D eigenvalue weighted by molar-refractivity contribution is -0.138. The first-order valence-electron chi connectivity index (χ1n) is 12.2. The molecule has 9 atom stereocenters. The quantitative estimate of drug-likeness (QED) is 0.506. The molecule has 4 fully saturated rings. The van der Waals surface area contributed by atoms with E-state index in [1.807, 2.05) is 0 Å². The maximum absolute atomic E-state index is 11.4. The molecular weight excluding hydrogens is 328 g/mol. The first kappa shape index (κ1) is 20.0. The number of fused-ring (bicyclic) bond motifs is 5. The smallest absolute Gasteiger partial charge is 0.129 e. The van der Waals surface area contributed by atoms with Crippen LogP contribution in [0.15, 0.2) is 0 Å². The molecule has 9 unspecified atom stereocenters. The van der Waals surface area contributed by atoms with Gasteiger partial charge in [0.05, 0.1) is 0 Å². The fourth-order valence-corrected chi connectivity index (χ4v) is 9.11. The number of Topliss-reactive ketones (excluding diaryl/α,β-unsaturated/α-hetero) is 1. The standard InChI is InChI=1S/C26H44O/c1-17-11-13-26(5)23-12-14-25(4)20(8-6-7-19(3)27)9-10-22(25)21(23)16-18(2)24(26)15-17/h17-18,20-24H,6-16H2,1-5H3. The van der Waals surface area contributed by atoms with Gasteiger partial charge in [-0.15, -0.1) is 0 Å². The van der Waals surface area contributed by atoms with E-state index in [0.29, 0.717) is 16.6 Å². The van der Waals surface area contributed by atoms with E-state index in [-0.39, 0.29) is 0 Å². The summed E-state index contributed by atoms with van der Waals surface area (Å²) in [6, 6.07) is 0. The highest BCUT2D eigenvalue weighted by Gasteiger charge is 2.60. The van der Waals surface area contributed by atoms with Gasteiger partial charge in [-0.3, -0.25) is 0 Å². The second kappa shape index (κ2) is 7.17. The average molecular weight is 373 g/mol. The summed E-state index contributed by atoms with van der Waals surface area (Å²) in [5.41, 5.74) is 1.20. The third kappa shape index (κ3) is 3.24. The van der Waals surface area contributed by atoms with E-state index in [2.05, 4.69) is 27.7 Å². The van der Waals surface area contributed by atoms with E-state index in [1.165, 1.54) is 57.8 Å². The Balaban J connectivity index is 1.52. The fourth-order valence-electron chi connectivity index (χ4n) is 9.11. The molecule has 0 heterocycles. The number of carbonyl (C=O) groups is 1. The molecule has 4 saturated carbocycles. The number of carbonyl (C=O) groups excluding carboxylic acids is 1. The van der Waals surface area contributed by atoms with Crippen molar-refractivity contribution < 1.29 is 4.79 Å². The minimum atomic E-state index is 0.380. The molecule has 1 heteroatoms. The van der Waals surface area contributed by atoms with Crippen LogP contribution in [-0.4, -0.2) is 5.78 Å². The molecule has 0 N–H and O–H groups in total. The van der Waals surface area contributed by atoms with E-state index >= 15 is 0 Å². The average Bonchev–Trinajstić information content (AvgIpc) is 2.93. The van der Waals surface area contributed by atoms with Crippen LogP contribution in [0, 0.1) is 52.3 Å². The summed E-state index contributed by atoms with van der Waals surface area (Å²) >= 11 is 0. The molecule has 0 radical (unpaired) electrons. The molecule has 1 nitrogen and oxygen atoms in total. The highest BCUT2D eigenvalue weighted by Crippen LogP contribution is 2.69. The number of hydrogen-bond acceptors (Lipinski definition) is 1. The predicted octanol–water partition coefficient (Wildman–Crippen LogP) is 7.29. The lowest BCUT2D eigenvalue weighted by Gasteiger charge is -2.63. The highest BCUT2D eigenvalue weighted by atomic mass is 16.1. The fraction of sp³-hybridized carbons (Fsp3) is 0.962. The van der Waals surface area contributed by atoms with E-state index < -0.39 is 0 Å². The lowest BCUT2D eigenvalue weighted by Crippen LogP contribution is -2.55. The van der Waals surface area contributed by atoms with Crippen LogP contribution in [0.25, 0.3) is 0 Å². The predicted molar refractivity (Wildman–Crippen MR) is 113 cm³/mol. The molecule has 0 aromatic rings. The molecule has 0 aromatic heterocycles. The molecule has 0 spiro atoms. The van der Waals surface area contributed by atoms with Crippen molar-refractivity contribution in [3.63, 3.8) is 0 Å². The molecule has 27 heavy (non-hydrogen) atoms. The zero-order valence-corrected chi connectivity index (χ0v) is 18.7. The molecule has 0 bridgehead atoms. The Morgan fingerprint density at radius 2 is 1.59 bits per heavy atom. The van der Waals surface area contributed by atoms with Gasteiger partial charge in [-0.05, 0) is 117 Å². The number of ketones is 1. The van der Waals surface area contributed by atoms with E-state index in [1.54, 1.807) is 6.92 Å². The van der Waals surface area contributed by atoms with Crippen molar-refractivity contribution in [2.45, 2.75) is 105 Å². The van der Waals surface area contributed by atoms with Crippen molar-refractivity contribution >= 4 is 5.78 Å². The third-order valence-electron chi connectivity index (χ3n) is 10.6. The Kier molecular flexibility index (Phi) is 5.30. The maximum atomic E-state index is 11.4. The van der Waals surface area contributed by atoms with Crippen molar-refractivity contribution in [3.8, 4) is 0 Å². The molecule has 0 amide bonds. The van der Waals surface area contributed by atoms with Gasteiger partial charge in [0.1, 0.15) is 5.78 Å². The molecule has 4 rings (SSSR count). The Labute approximate surface area is 168 Å². The summed E-state index contributed by atoms with van der Waals surface area (Å²) in [6.45, 7) is 12.2. The van der Waals surface area contributed by atoms with Gasteiger partial charge >= 0.3 is 0 Å². The van der Waals surface area contributed by atoms with Gasteiger partial charge in [-0.1, -0.05) is 34.1 Å². The van der Waals surface area contributed by atoms with Crippen molar-refractivity contribution in [1.82, 2.24) is 0 Å². The number of rotatable bonds is 4. The third-order valence-corrected chi connectivity index (χ3v) is 10.6. The normalized spacial score (nSPS) is 52.0. The van der Waals surface area contributed by atoms with Crippen molar-refractivity contribution in [3.05, 3.63) is 0 Å². The summed E-state index contributed by atoms with van der Waals surface area (Å²) in [4.78, 5) is 11.4. The van der Waals surface area contributed by atoms with Gasteiger partial charge in [-0.2, -0.15) is 0 Å².